The minimum atomic E-state index is -0.321. The van der Waals surface area contributed by atoms with Crippen LogP contribution >= 0.6 is 12.2 Å². The number of aryl methyl sites for hydroxylation is 1. The number of nitrogens with zero attached hydrogens (tertiary/aromatic N) is 2. The van der Waals surface area contributed by atoms with Gasteiger partial charge in [0, 0.05) is 31.3 Å². The number of rotatable bonds is 4. The molecule has 0 saturated heterocycles. The van der Waals surface area contributed by atoms with Gasteiger partial charge in [-0.25, -0.2) is 4.79 Å². The smallest absolute Gasteiger partial charge is 0.330 e. The fourth-order valence-electron chi connectivity index (χ4n) is 1.33. The summed E-state index contributed by atoms with van der Waals surface area (Å²) in [6.07, 6.45) is 1.49. The molecule has 0 aromatic carbocycles. The molecule has 1 aromatic rings. The number of hydrogen-bond acceptors (Lipinski definition) is 3. The van der Waals surface area contributed by atoms with Crippen LogP contribution in [0.15, 0.2) is 21.9 Å². The molecule has 0 fully saturated rings. The van der Waals surface area contributed by atoms with E-state index in [0.717, 1.165) is 4.57 Å². The van der Waals surface area contributed by atoms with Crippen LogP contribution in [0.1, 0.15) is 13.8 Å². The van der Waals surface area contributed by atoms with Crippen LogP contribution in [-0.2, 0) is 13.1 Å². The van der Waals surface area contributed by atoms with E-state index in [1.165, 1.54) is 16.8 Å². The first-order valence-electron chi connectivity index (χ1n) is 5.07. The van der Waals surface area contributed by atoms with Gasteiger partial charge in [-0.2, -0.15) is 0 Å². The second kappa shape index (κ2) is 5.07. The zero-order chi connectivity index (χ0) is 12.3. The molecule has 1 unspecified atom stereocenters. The summed E-state index contributed by atoms with van der Waals surface area (Å²) in [4.78, 5) is 23.7. The molecule has 1 aromatic heterocycles. The van der Waals surface area contributed by atoms with Gasteiger partial charge in [0.2, 0.25) is 0 Å². The second-order valence-corrected chi connectivity index (χ2v) is 4.11. The third kappa shape index (κ3) is 2.57. The van der Waals surface area contributed by atoms with Crippen LogP contribution in [-0.4, -0.2) is 14.1 Å². The normalized spacial score (nSPS) is 12.4. The van der Waals surface area contributed by atoms with Crippen molar-refractivity contribution >= 4 is 17.2 Å². The molecule has 1 rings (SSSR count). The van der Waals surface area contributed by atoms with Crippen molar-refractivity contribution in [1.82, 2.24) is 9.13 Å². The quantitative estimate of drug-likeness (QED) is 0.750. The van der Waals surface area contributed by atoms with Crippen molar-refractivity contribution < 1.29 is 0 Å². The summed E-state index contributed by atoms with van der Waals surface area (Å²) in [6, 6.07) is 1.37. The summed E-state index contributed by atoms with van der Waals surface area (Å²) in [6.45, 7) is 4.39. The molecule has 1 heterocycles. The van der Waals surface area contributed by atoms with Crippen LogP contribution in [0.4, 0.5) is 0 Å². The number of aromatic nitrogens is 2. The summed E-state index contributed by atoms with van der Waals surface area (Å²) in [5.74, 6) is -0.173. The molecule has 5 nitrogen and oxygen atoms in total. The Bertz CT molecular complexity index is 504. The zero-order valence-corrected chi connectivity index (χ0v) is 10.2. The molecule has 16 heavy (non-hydrogen) atoms. The van der Waals surface area contributed by atoms with Gasteiger partial charge in [0.15, 0.2) is 0 Å². The summed E-state index contributed by atoms with van der Waals surface area (Å²) < 4.78 is 2.63. The van der Waals surface area contributed by atoms with E-state index in [0.29, 0.717) is 11.5 Å². The Hall–Kier alpha value is -1.43. The van der Waals surface area contributed by atoms with Crippen molar-refractivity contribution in [3.8, 4) is 0 Å². The van der Waals surface area contributed by atoms with Crippen LogP contribution in [0.5, 0.6) is 0 Å². The largest absolute Gasteiger partial charge is 0.393 e. The average molecular weight is 241 g/mol. The van der Waals surface area contributed by atoms with E-state index in [9.17, 15) is 9.59 Å². The molecule has 0 saturated carbocycles. The molecule has 0 aliphatic heterocycles. The molecular formula is C10H15N3O2S. The monoisotopic (exact) mass is 241 g/mol. The van der Waals surface area contributed by atoms with Crippen molar-refractivity contribution in [3.63, 3.8) is 0 Å². The topological polar surface area (TPSA) is 70.0 Å². The lowest BCUT2D eigenvalue weighted by atomic mass is 10.2. The predicted molar refractivity (Wildman–Crippen MR) is 66.6 cm³/mol. The van der Waals surface area contributed by atoms with E-state index in [2.05, 4.69) is 0 Å². The summed E-state index contributed by atoms with van der Waals surface area (Å²) in [5.41, 5.74) is 4.82. The Labute approximate surface area is 98.5 Å². The van der Waals surface area contributed by atoms with Gasteiger partial charge < -0.3 is 10.3 Å². The number of thiocarbonyl (C=S) groups is 1. The fraction of sp³-hybridized carbons (Fsp3) is 0.500. The molecule has 6 heteroatoms. The lowest BCUT2D eigenvalue weighted by molar-refractivity contribution is 0.519. The number of nitrogens with two attached hydrogens (primary N) is 1. The molecule has 0 radical (unpaired) electrons. The van der Waals surface area contributed by atoms with E-state index >= 15 is 0 Å². The van der Waals surface area contributed by atoms with Gasteiger partial charge in [0.1, 0.15) is 0 Å². The molecule has 0 aliphatic rings. The highest BCUT2D eigenvalue weighted by atomic mass is 32.1. The minimum absolute atomic E-state index is 0.173. The molecule has 88 valence electrons. The summed E-state index contributed by atoms with van der Waals surface area (Å²) in [5, 5.41) is 0. The Kier molecular flexibility index (Phi) is 4.00. The highest BCUT2D eigenvalue weighted by Gasteiger charge is 2.10. The van der Waals surface area contributed by atoms with E-state index in [1.54, 1.807) is 6.92 Å². The zero-order valence-electron chi connectivity index (χ0n) is 9.34. The van der Waals surface area contributed by atoms with Crippen molar-refractivity contribution in [1.29, 1.82) is 0 Å². The molecule has 1 atom stereocenters. The van der Waals surface area contributed by atoms with Crippen molar-refractivity contribution in [2.75, 3.05) is 0 Å². The van der Waals surface area contributed by atoms with Crippen molar-refractivity contribution in [3.05, 3.63) is 33.1 Å². The lowest BCUT2D eigenvalue weighted by Crippen LogP contribution is -2.41. The van der Waals surface area contributed by atoms with Gasteiger partial charge in [0.25, 0.3) is 5.56 Å². The predicted octanol–water partition coefficient (Wildman–Crippen LogP) is -0.0479. The van der Waals surface area contributed by atoms with Crippen LogP contribution in [0.3, 0.4) is 0 Å². The summed E-state index contributed by atoms with van der Waals surface area (Å²) >= 11 is 4.82. The van der Waals surface area contributed by atoms with E-state index < -0.39 is 0 Å². The van der Waals surface area contributed by atoms with E-state index in [4.69, 9.17) is 18.0 Å². The first-order chi connectivity index (χ1) is 7.47. The SMILES string of the molecule is CCn1ccc(=O)n(CC(C)C(N)=S)c1=O. The van der Waals surface area contributed by atoms with Crippen LogP contribution in [0.2, 0.25) is 0 Å². The van der Waals surface area contributed by atoms with Crippen LogP contribution in [0, 0.1) is 5.92 Å². The third-order valence-electron chi connectivity index (χ3n) is 2.42. The maximum Gasteiger partial charge on any atom is 0.330 e. The second-order valence-electron chi connectivity index (χ2n) is 3.64. The highest BCUT2D eigenvalue weighted by molar-refractivity contribution is 7.80. The first-order valence-corrected chi connectivity index (χ1v) is 5.47. The first kappa shape index (κ1) is 12.6. The van der Waals surface area contributed by atoms with Gasteiger partial charge in [-0.3, -0.25) is 9.36 Å². The van der Waals surface area contributed by atoms with Crippen molar-refractivity contribution in [2.24, 2.45) is 11.7 Å². The standard InChI is InChI=1S/C10H15N3O2S/c1-3-12-5-4-8(14)13(10(12)15)6-7(2)9(11)16/h4-5,7H,3,6H2,1-2H3,(H2,11,16). The molecule has 0 aliphatic carbocycles. The number of hydrogen-bond donors (Lipinski definition) is 1. The minimum Gasteiger partial charge on any atom is -0.393 e. The maximum absolute atomic E-state index is 11.8. The highest BCUT2D eigenvalue weighted by Crippen LogP contribution is 1.96. The molecule has 0 amide bonds. The Morgan fingerprint density at radius 1 is 1.56 bits per heavy atom. The average Bonchev–Trinajstić information content (AvgIpc) is 2.24. The van der Waals surface area contributed by atoms with Crippen LogP contribution in [0.25, 0.3) is 0 Å². The Balaban J connectivity index is 3.18. The lowest BCUT2D eigenvalue weighted by Gasteiger charge is -2.12. The van der Waals surface area contributed by atoms with E-state index in [-0.39, 0.29) is 23.7 Å². The van der Waals surface area contributed by atoms with Crippen LogP contribution < -0.4 is 17.0 Å². The van der Waals surface area contributed by atoms with E-state index in [1.807, 2.05) is 6.92 Å². The maximum atomic E-state index is 11.8. The Morgan fingerprint density at radius 3 is 2.69 bits per heavy atom. The third-order valence-corrected chi connectivity index (χ3v) is 2.82. The van der Waals surface area contributed by atoms with Gasteiger partial charge >= 0.3 is 5.69 Å². The summed E-state index contributed by atoms with van der Waals surface area (Å²) in [7, 11) is 0. The van der Waals surface area contributed by atoms with Gasteiger partial charge in [-0.15, -0.1) is 0 Å². The molecule has 0 bridgehead atoms. The van der Waals surface area contributed by atoms with Gasteiger partial charge in [-0.1, -0.05) is 19.1 Å². The molecular weight excluding hydrogens is 226 g/mol. The molecule has 0 spiro atoms. The Morgan fingerprint density at radius 2 is 2.19 bits per heavy atom. The van der Waals surface area contributed by atoms with Gasteiger partial charge in [0.05, 0.1) is 4.99 Å². The van der Waals surface area contributed by atoms with Crippen molar-refractivity contribution in [2.45, 2.75) is 26.9 Å². The van der Waals surface area contributed by atoms with Gasteiger partial charge in [-0.05, 0) is 6.92 Å². The fourth-order valence-corrected chi connectivity index (χ4v) is 1.40. The molecule has 2 N–H and O–H groups in total.